The molecule has 0 amide bonds. The van der Waals surface area contributed by atoms with E-state index in [0.29, 0.717) is 6.42 Å². The standard InChI is InChI=1S/C11H23NO3S/c1-2-8-16(13,14)15-9-10-6-4-3-5-7-11(10)12/h10-11H,2-9,12H2,1H3/t10-,11+/m0/s1. The first-order valence-corrected chi connectivity index (χ1v) is 7.75. The van der Waals surface area contributed by atoms with Gasteiger partial charge in [0.25, 0.3) is 10.1 Å². The van der Waals surface area contributed by atoms with E-state index in [1.165, 1.54) is 6.42 Å². The van der Waals surface area contributed by atoms with Gasteiger partial charge in [0.05, 0.1) is 12.4 Å². The lowest BCUT2D eigenvalue weighted by molar-refractivity contribution is 0.222. The molecular formula is C11H23NO3S. The van der Waals surface area contributed by atoms with Crippen molar-refractivity contribution >= 4 is 10.1 Å². The molecule has 0 unspecified atom stereocenters. The summed E-state index contributed by atoms with van der Waals surface area (Å²) in [5, 5.41) is 0. The van der Waals surface area contributed by atoms with Gasteiger partial charge in [-0.1, -0.05) is 26.2 Å². The van der Waals surface area contributed by atoms with Gasteiger partial charge < -0.3 is 5.73 Å². The summed E-state index contributed by atoms with van der Waals surface area (Å²) in [4.78, 5) is 0. The third-order valence-electron chi connectivity index (χ3n) is 3.13. The van der Waals surface area contributed by atoms with Crippen molar-refractivity contribution in [3.63, 3.8) is 0 Å². The summed E-state index contributed by atoms with van der Waals surface area (Å²) in [6.07, 6.45) is 6.06. The molecular weight excluding hydrogens is 226 g/mol. The number of hydrogen-bond acceptors (Lipinski definition) is 4. The highest BCUT2D eigenvalue weighted by Crippen LogP contribution is 2.22. The molecule has 1 aliphatic rings. The van der Waals surface area contributed by atoms with E-state index in [9.17, 15) is 8.42 Å². The second-order valence-electron chi connectivity index (χ2n) is 4.61. The summed E-state index contributed by atoms with van der Waals surface area (Å²) < 4.78 is 27.8. The van der Waals surface area contributed by atoms with Gasteiger partial charge in [-0.15, -0.1) is 0 Å². The number of hydrogen-bond donors (Lipinski definition) is 1. The zero-order valence-electron chi connectivity index (χ0n) is 10.0. The molecule has 16 heavy (non-hydrogen) atoms. The molecule has 96 valence electrons. The molecule has 0 aliphatic heterocycles. The maximum Gasteiger partial charge on any atom is 0.267 e. The molecule has 5 heteroatoms. The van der Waals surface area contributed by atoms with Crippen LogP contribution in [0.2, 0.25) is 0 Å². The minimum Gasteiger partial charge on any atom is -0.327 e. The largest absolute Gasteiger partial charge is 0.327 e. The fourth-order valence-corrected chi connectivity index (χ4v) is 3.12. The molecule has 1 fully saturated rings. The second-order valence-corrected chi connectivity index (χ2v) is 6.37. The van der Waals surface area contributed by atoms with E-state index >= 15 is 0 Å². The summed E-state index contributed by atoms with van der Waals surface area (Å²) >= 11 is 0. The summed E-state index contributed by atoms with van der Waals surface area (Å²) in [7, 11) is -3.32. The lowest BCUT2D eigenvalue weighted by atomic mass is 9.97. The topological polar surface area (TPSA) is 69.4 Å². The van der Waals surface area contributed by atoms with Gasteiger partial charge >= 0.3 is 0 Å². The van der Waals surface area contributed by atoms with Gasteiger partial charge in [0.1, 0.15) is 0 Å². The Morgan fingerprint density at radius 1 is 1.25 bits per heavy atom. The predicted octanol–water partition coefficient (Wildman–Crippen LogP) is 1.65. The SMILES string of the molecule is CCCS(=O)(=O)OC[C@@H]1CCCCC[C@H]1N. The smallest absolute Gasteiger partial charge is 0.267 e. The van der Waals surface area contributed by atoms with Crippen molar-refractivity contribution in [2.24, 2.45) is 11.7 Å². The molecule has 0 heterocycles. The van der Waals surface area contributed by atoms with E-state index in [1.807, 2.05) is 6.92 Å². The molecule has 0 spiro atoms. The fourth-order valence-electron chi connectivity index (χ4n) is 2.12. The van der Waals surface area contributed by atoms with Crippen molar-refractivity contribution in [2.75, 3.05) is 12.4 Å². The first-order chi connectivity index (χ1) is 7.55. The van der Waals surface area contributed by atoms with Crippen LogP contribution in [0.1, 0.15) is 45.4 Å². The van der Waals surface area contributed by atoms with Crippen LogP contribution in [-0.2, 0) is 14.3 Å². The van der Waals surface area contributed by atoms with Crippen LogP contribution in [0.3, 0.4) is 0 Å². The molecule has 1 aliphatic carbocycles. The third kappa shape index (κ3) is 4.80. The Morgan fingerprint density at radius 2 is 1.94 bits per heavy atom. The Morgan fingerprint density at radius 3 is 2.62 bits per heavy atom. The highest BCUT2D eigenvalue weighted by molar-refractivity contribution is 7.86. The lowest BCUT2D eigenvalue weighted by Crippen LogP contribution is -2.33. The van der Waals surface area contributed by atoms with Crippen LogP contribution in [0.5, 0.6) is 0 Å². The van der Waals surface area contributed by atoms with E-state index in [1.54, 1.807) is 0 Å². The van der Waals surface area contributed by atoms with Crippen LogP contribution >= 0.6 is 0 Å². The molecule has 0 saturated heterocycles. The van der Waals surface area contributed by atoms with Crippen molar-refractivity contribution in [3.8, 4) is 0 Å². The summed E-state index contributed by atoms with van der Waals surface area (Å²) in [5.41, 5.74) is 6.01. The van der Waals surface area contributed by atoms with Gasteiger partial charge in [-0.25, -0.2) is 0 Å². The maximum atomic E-state index is 11.4. The van der Waals surface area contributed by atoms with E-state index < -0.39 is 10.1 Å². The maximum absolute atomic E-state index is 11.4. The molecule has 2 atom stereocenters. The molecule has 1 saturated carbocycles. The zero-order chi connectivity index (χ0) is 12.0. The van der Waals surface area contributed by atoms with Crippen molar-refractivity contribution in [1.82, 2.24) is 0 Å². The number of rotatable bonds is 5. The molecule has 0 aromatic carbocycles. The quantitative estimate of drug-likeness (QED) is 0.594. The molecule has 0 bridgehead atoms. The summed E-state index contributed by atoms with van der Waals surface area (Å²) in [6.45, 7) is 2.10. The van der Waals surface area contributed by atoms with Crippen molar-refractivity contribution < 1.29 is 12.6 Å². The molecule has 2 N–H and O–H groups in total. The first kappa shape index (κ1) is 13.9. The Hall–Kier alpha value is -0.130. The highest BCUT2D eigenvalue weighted by atomic mass is 32.2. The third-order valence-corrected chi connectivity index (χ3v) is 4.54. The Bertz CT molecular complexity index is 290. The van der Waals surface area contributed by atoms with Crippen molar-refractivity contribution in [3.05, 3.63) is 0 Å². The molecule has 0 aromatic heterocycles. The zero-order valence-corrected chi connectivity index (χ0v) is 10.8. The lowest BCUT2D eigenvalue weighted by Gasteiger charge is -2.20. The van der Waals surface area contributed by atoms with Crippen LogP contribution in [0, 0.1) is 5.92 Å². The normalized spacial score (nSPS) is 27.6. The molecule has 0 aromatic rings. The second kappa shape index (κ2) is 6.57. The van der Waals surface area contributed by atoms with Gasteiger partial charge in [-0.05, 0) is 25.2 Å². The van der Waals surface area contributed by atoms with Gasteiger partial charge in [-0.2, -0.15) is 8.42 Å². The first-order valence-electron chi connectivity index (χ1n) is 6.18. The molecule has 0 radical (unpaired) electrons. The number of nitrogens with two attached hydrogens (primary N) is 1. The van der Waals surface area contributed by atoms with E-state index in [4.69, 9.17) is 9.92 Å². The summed E-state index contributed by atoms with van der Waals surface area (Å²) in [5.74, 6) is 0.309. The fraction of sp³-hybridized carbons (Fsp3) is 1.00. The Labute approximate surface area is 98.7 Å². The Kier molecular flexibility index (Phi) is 5.72. The molecule has 1 rings (SSSR count). The summed E-state index contributed by atoms with van der Waals surface area (Å²) in [6, 6.07) is 0.0966. The van der Waals surface area contributed by atoms with Crippen molar-refractivity contribution in [1.29, 1.82) is 0 Å². The van der Waals surface area contributed by atoms with Gasteiger partial charge in [0.15, 0.2) is 0 Å². The van der Waals surface area contributed by atoms with Crippen LogP contribution < -0.4 is 5.73 Å². The highest BCUT2D eigenvalue weighted by Gasteiger charge is 2.22. The van der Waals surface area contributed by atoms with Crippen LogP contribution in [0.25, 0.3) is 0 Å². The van der Waals surface area contributed by atoms with Crippen molar-refractivity contribution in [2.45, 2.75) is 51.5 Å². The van der Waals surface area contributed by atoms with Crippen LogP contribution in [0.15, 0.2) is 0 Å². The average Bonchev–Trinajstić information content (AvgIpc) is 2.40. The van der Waals surface area contributed by atoms with E-state index in [0.717, 1.165) is 25.7 Å². The minimum atomic E-state index is -3.32. The monoisotopic (exact) mass is 249 g/mol. The molecule has 4 nitrogen and oxygen atoms in total. The average molecular weight is 249 g/mol. The minimum absolute atomic E-state index is 0.0966. The van der Waals surface area contributed by atoms with E-state index in [2.05, 4.69) is 0 Å². The van der Waals surface area contributed by atoms with Crippen LogP contribution in [0.4, 0.5) is 0 Å². The van der Waals surface area contributed by atoms with Gasteiger partial charge in [0.2, 0.25) is 0 Å². The van der Waals surface area contributed by atoms with Gasteiger partial charge in [0, 0.05) is 6.04 Å². The predicted molar refractivity (Wildman–Crippen MR) is 64.6 cm³/mol. The van der Waals surface area contributed by atoms with Crippen LogP contribution in [-0.4, -0.2) is 26.8 Å². The Balaban J connectivity index is 2.40. The van der Waals surface area contributed by atoms with E-state index in [-0.39, 0.29) is 24.3 Å². The van der Waals surface area contributed by atoms with Gasteiger partial charge in [-0.3, -0.25) is 4.18 Å².